The van der Waals surface area contributed by atoms with E-state index in [1.54, 1.807) is 0 Å². The van der Waals surface area contributed by atoms with Gasteiger partial charge in [-0.3, -0.25) is 0 Å². The molecule has 1 unspecified atom stereocenters. The van der Waals surface area contributed by atoms with Crippen LogP contribution in [0.1, 0.15) is 13.3 Å². The van der Waals surface area contributed by atoms with Gasteiger partial charge in [0.1, 0.15) is 5.70 Å². The second-order valence-corrected chi connectivity index (χ2v) is 4.93. The molecule has 1 atom stereocenters. The first-order valence-corrected chi connectivity index (χ1v) is 6.26. The second-order valence-electron chi connectivity index (χ2n) is 4.07. The van der Waals surface area contributed by atoms with Crippen LogP contribution in [0.15, 0.2) is 46.4 Å². The third-order valence-corrected chi connectivity index (χ3v) is 3.43. The Kier molecular flexibility index (Phi) is 3.52. The lowest BCUT2D eigenvalue weighted by Crippen LogP contribution is -2.25. The number of halogens is 1. The van der Waals surface area contributed by atoms with Gasteiger partial charge in [-0.05, 0) is 40.4 Å². The zero-order valence-corrected chi connectivity index (χ0v) is 11.4. The third kappa shape index (κ3) is 2.36. The fraction of sp³-hybridized carbons (Fsp3) is 0.308. The molecule has 0 bridgehead atoms. The number of hydrogen-bond donors (Lipinski definition) is 0. The van der Waals surface area contributed by atoms with Crippen molar-refractivity contribution in [3.8, 4) is 0 Å². The van der Waals surface area contributed by atoms with Crippen molar-refractivity contribution in [2.75, 3.05) is 7.11 Å². The van der Waals surface area contributed by atoms with Gasteiger partial charge in [0.15, 0.2) is 0 Å². The van der Waals surface area contributed by atoms with Crippen molar-refractivity contribution in [3.63, 3.8) is 0 Å². The van der Waals surface area contributed by atoms with Crippen molar-refractivity contribution in [1.29, 1.82) is 0 Å². The molecule has 0 radical (unpaired) electrons. The van der Waals surface area contributed by atoms with Gasteiger partial charge in [0, 0.05) is 16.4 Å². The van der Waals surface area contributed by atoms with Crippen LogP contribution < -0.4 is 0 Å². The van der Waals surface area contributed by atoms with E-state index < -0.39 is 0 Å². The number of allylic oxidation sites excluding steroid dienone is 5. The number of esters is 1. The Morgan fingerprint density at radius 3 is 3.00 bits per heavy atom. The molecule has 0 spiro atoms. The molecule has 17 heavy (non-hydrogen) atoms. The second kappa shape index (κ2) is 4.92. The number of ether oxygens (including phenoxy) is 1. The fourth-order valence-corrected chi connectivity index (χ4v) is 2.28. The van der Waals surface area contributed by atoms with Crippen LogP contribution in [0, 0.1) is 5.92 Å². The standard InChI is InChI=1S/C13H14BrNO2/c1-9-3-4-10-5-6-11(14)12(13(16)17-2)15(10)8-7-9/h4-9H,3H2,1-2H3. The Morgan fingerprint density at radius 1 is 1.53 bits per heavy atom. The Balaban J connectivity index is 2.45. The average molecular weight is 296 g/mol. The van der Waals surface area contributed by atoms with Gasteiger partial charge in [0.2, 0.25) is 0 Å². The average Bonchev–Trinajstić information content (AvgIpc) is 2.51. The normalized spacial score (nSPS) is 23.1. The monoisotopic (exact) mass is 295 g/mol. The largest absolute Gasteiger partial charge is 0.464 e. The van der Waals surface area contributed by atoms with Gasteiger partial charge in [-0.15, -0.1) is 0 Å². The van der Waals surface area contributed by atoms with Crippen LogP contribution in [0.2, 0.25) is 0 Å². The number of carbonyl (C=O) groups excluding carboxylic acids is 1. The summed E-state index contributed by atoms with van der Waals surface area (Å²) in [6, 6.07) is 0. The van der Waals surface area contributed by atoms with E-state index in [0.717, 1.165) is 16.6 Å². The summed E-state index contributed by atoms with van der Waals surface area (Å²) in [6.45, 7) is 2.15. The van der Waals surface area contributed by atoms with E-state index in [1.165, 1.54) is 7.11 Å². The van der Waals surface area contributed by atoms with Gasteiger partial charge < -0.3 is 9.64 Å². The number of carbonyl (C=O) groups is 1. The molecule has 2 rings (SSSR count). The van der Waals surface area contributed by atoms with Crippen LogP contribution in [0.5, 0.6) is 0 Å². The van der Waals surface area contributed by atoms with E-state index in [9.17, 15) is 4.79 Å². The lowest BCUT2D eigenvalue weighted by atomic mass is 10.1. The summed E-state index contributed by atoms with van der Waals surface area (Å²) < 4.78 is 5.55. The molecule has 0 fully saturated rings. The van der Waals surface area contributed by atoms with Crippen LogP contribution in [0.3, 0.4) is 0 Å². The lowest BCUT2D eigenvalue weighted by molar-refractivity contribution is -0.137. The molecule has 0 aliphatic carbocycles. The highest BCUT2D eigenvalue weighted by atomic mass is 79.9. The maximum Gasteiger partial charge on any atom is 0.356 e. The highest BCUT2D eigenvalue weighted by Crippen LogP contribution is 2.31. The minimum atomic E-state index is -0.341. The zero-order chi connectivity index (χ0) is 12.4. The molecule has 90 valence electrons. The lowest BCUT2D eigenvalue weighted by Gasteiger charge is -2.26. The maximum absolute atomic E-state index is 11.8. The molecule has 0 saturated carbocycles. The Morgan fingerprint density at radius 2 is 2.29 bits per heavy atom. The van der Waals surface area contributed by atoms with E-state index in [4.69, 9.17) is 4.74 Å². The molecule has 2 aliphatic heterocycles. The fourth-order valence-electron chi connectivity index (χ4n) is 1.80. The van der Waals surface area contributed by atoms with Crippen LogP contribution in [0.25, 0.3) is 0 Å². The predicted octanol–water partition coefficient (Wildman–Crippen LogP) is 3.08. The van der Waals surface area contributed by atoms with Crippen LogP contribution in [0.4, 0.5) is 0 Å². The predicted molar refractivity (Wildman–Crippen MR) is 70.0 cm³/mol. The number of nitrogens with zero attached hydrogens (tertiary/aromatic N) is 1. The Labute approximate surface area is 109 Å². The molecular formula is C13H14BrNO2. The molecule has 0 aromatic heterocycles. The number of rotatable bonds is 1. The summed E-state index contributed by atoms with van der Waals surface area (Å²) >= 11 is 3.39. The summed E-state index contributed by atoms with van der Waals surface area (Å²) in [7, 11) is 1.39. The van der Waals surface area contributed by atoms with Gasteiger partial charge in [-0.25, -0.2) is 4.79 Å². The van der Waals surface area contributed by atoms with E-state index in [-0.39, 0.29) is 5.97 Å². The van der Waals surface area contributed by atoms with Gasteiger partial charge >= 0.3 is 5.97 Å². The molecule has 3 nitrogen and oxygen atoms in total. The summed E-state index contributed by atoms with van der Waals surface area (Å²) in [6.07, 6.45) is 11.0. The molecule has 0 N–H and O–H groups in total. The van der Waals surface area contributed by atoms with Crippen molar-refractivity contribution in [2.24, 2.45) is 5.92 Å². The van der Waals surface area contributed by atoms with Crippen LogP contribution >= 0.6 is 15.9 Å². The highest BCUT2D eigenvalue weighted by molar-refractivity contribution is 9.11. The first-order valence-electron chi connectivity index (χ1n) is 5.47. The molecular weight excluding hydrogens is 282 g/mol. The van der Waals surface area contributed by atoms with Gasteiger partial charge in [-0.2, -0.15) is 0 Å². The van der Waals surface area contributed by atoms with Crippen molar-refractivity contribution in [3.05, 3.63) is 46.4 Å². The van der Waals surface area contributed by atoms with Crippen molar-refractivity contribution >= 4 is 21.9 Å². The minimum absolute atomic E-state index is 0.341. The van der Waals surface area contributed by atoms with E-state index in [1.807, 2.05) is 23.3 Å². The number of hydrogen-bond acceptors (Lipinski definition) is 3. The van der Waals surface area contributed by atoms with E-state index in [0.29, 0.717) is 11.6 Å². The number of methoxy groups -OCH3 is 1. The quantitative estimate of drug-likeness (QED) is 0.696. The van der Waals surface area contributed by atoms with Crippen LogP contribution in [-0.4, -0.2) is 18.0 Å². The molecule has 4 heteroatoms. The van der Waals surface area contributed by atoms with Crippen molar-refractivity contribution in [2.45, 2.75) is 13.3 Å². The van der Waals surface area contributed by atoms with Gasteiger partial charge in [0.05, 0.1) is 7.11 Å². The maximum atomic E-state index is 11.8. The SMILES string of the molecule is COC(=O)C1=C(Br)C=CC2=CCC(C)C=CN21. The smallest absolute Gasteiger partial charge is 0.356 e. The molecule has 2 heterocycles. The Hall–Kier alpha value is -1.29. The van der Waals surface area contributed by atoms with Gasteiger partial charge in [0.25, 0.3) is 0 Å². The summed E-state index contributed by atoms with van der Waals surface area (Å²) in [5.74, 6) is 0.130. The minimum Gasteiger partial charge on any atom is -0.464 e. The van der Waals surface area contributed by atoms with Crippen molar-refractivity contribution < 1.29 is 9.53 Å². The number of fused-ring (bicyclic) bond motifs is 1. The molecule has 0 amide bonds. The molecule has 0 aromatic rings. The Bertz CT molecular complexity index is 460. The summed E-state index contributed by atoms with van der Waals surface area (Å²) in [5.41, 5.74) is 1.53. The topological polar surface area (TPSA) is 29.5 Å². The summed E-state index contributed by atoms with van der Waals surface area (Å²) in [4.78, 5) is 13.6. The van der Waals surface area contributed by atoms with Crippen molar-refractivity contribution in [1.82, 2.24) is 4.90 Å². The highest BCUT2D eigenvalue weighted by Gasteiger charge is 2.25. The summed E-state index contributed by atoms with van der Waals surface area (Å²) in [5, 5.41) is 0. The third-order valence-electron chi connectivity index (χ3n) is 2.79. The molecule has 2 aliphatic rings. The zero-order valence-electron chi connectivity index (χ0n) is 9.81. The van der Waals surface area contributed by atoms with Gasteiger partial charge in [-0.1, -0.05) is 19.1 Å². The van der Waals surface area contributed by atoms with Crippen LogP contribution in [-0.2, 0) is 9.53 Å². The molecule has 0 aromatic carbocycles. The molecule has 0 saturated heterocycles. The van der Waals surface area contributed by atoms with E-state index in [2.05, 4.69) is 35.0 Å². The first-order chi connectivity index (χ1) is 8.13. The first kappa shape index (κ1) is 12.2. The van der Waals surface area contributed by atoms with E-state index >= 15 is 0 Å².